The maximum Gasteiger partial charge on any atom is 0.258 e. The minimum atomic E-state index is -0.374. The average Bonchev–Trinajstić information content (AvgIpc) is 2.86. The van der Waals surface area contributed by atoms with Crippen molar-refractivity contribution in [2.45, 2.75) is 19.8 Å². The number of nitrogens with one attached hydrogen (secondary N) is 1. The van der Waals surface area contributed by atoms with E-state index in [0.29, 0.717) is 22.1 Å². The number of hydrogen-bond donors (Lipinski definition) is 2. The number of halogens is 1. The molecule has 0 spiro atoms. The number of fused-ring (bicyclic) bond motifs is 1. The molecule has 7 heteroatoms. The summed E-state index contributed by atoms with van der Waals surface area (Å²) in [6.07, 6.45) is 0. The molecule has 0 bridgehead atoms. The van der Waals surface area contributed by atoms with E-state index >= 15 is 0 Å². The molecule has 0 unspecified atom stereocenters. The van der Waals surface area contributed by atoms with Crippen LogP contribution in [0.25, 0.3) is 11.4 Å². The fourth-order valence-electron chi connectivity index (χ4n) is 2.23. The molecule has 1 aliphatic heterocycles. The second-order valence-electron chi connectivity index (χ2n) is 5.00. The van der Waals surface area contributed by atoms with Crippen molar-refractivity contribution in [1.29, 1.82) is 0 Å². The lowest BCUT2D eigenvalue weighted by molar-refractivity contribution is 0.174. The molecule has 0 atom stereocenters. The lowest BCUT2D eigenvalue weighted by Crippen LogP contribution is -2.16. The Morgan fingerprint density at radius 2 is 2.14 bits per heavy atom. The molecule has 0 amide bonds. The Hall–Kier alpha value is -2.21. The first-order chi connectivity index (χ1) is 9.97. The summed E-state index contributed by atoms with van der Waals surface area (Å²) in [5.41, 5.74) is 0.416. The molecule has 110 valence electrons. The van der Waals surface area contributed by atoms with Gasteiger partial charge in [0.15, 0.2) is 11.5 Å². The van der Waals surface area contributed by atoms with Gasteiger partial charge < -0.3 is 19.6 Å². The number of nitrogens with zero attached hydrogens (tertiary/aromatic N) is 1. The van der Waals surface area contributed by atoms with E-state index in [1.807, 2.05) is 13.8 Å². The van der Waals surface area contributed by atoms with Crippen LogP contribution in [-0.2, 0) is 0 Å². The van der Waals surface area contributed by atoms with Crippen LogP contribution in [0.15, 0.2) is 16.9 Å². The molecular weight excluding hydrogens is 296 g/mol. The van der Waals surface area contributed by atoms with Gasteiger partial charge in [-0.2, -0.15) is 4.98 Å². The van der Waals surface area contributed by atoms with Gasteiger partial charge in [-0.25, -0.2) is 0 Å². The third-order valence-corrected chi connectivity index (χ3v) is 3.49. The second kappa shape index (κ2) is 4.96. The van der Waals surface area contributed by atoms with E-state index in [0.717, 1.165) is 0 Å². The monoisotopic (exact) mass is 308 g/mol. The molecule has 1 aromatic heterocycles. The van der Waals surface area contributed by atoms with Crippen LogP contribution in [0.5, 0.6) is 17.4 Å². The predicted octanol–water partition coefficient (Wildman–Crippen LogP) is 2.65. The van der Waals surface area contributed by atoms with Gasteiger partial charge in [-0.05, 0) is 18.1 Å². The van der Waals surface area contributed by atoms with Crippen LogP contribution in [0.2, 0.25) is 5.02 Å². The predicted molar refractivity (Wildman–Crippen MR) is 77.2 cm³/mol. The van der Waals surface area contributed by atoms with E-state index in [1.54, 1.807) is 12.1 Å². The maximum atomic E-state index is 12.0. The first kappa shape index (κ1) is 13.8. The average molecular weight is 309 g/mol. The van der Waals surface area contributed by atoms with Gasteiger partial charge in [0.05, 0.1) is 10.6 Å². The van der Waals surface area contributed by atoms with E-state index < -0.39 is 0 Å². The molecule has 2 aromatic rings. The standard InChI is InChI=1S/C14H13ClN2O4/c1-6(2)10-13(18)16-12(17-14(10)19)7-3-8(15)11-9(4-7)20-5-21-11/h3-4,6H,5H2,1-2H3,(H2,16,17,18,19). The molecular formula is C14H13ClN2O4. The highest BCUT2D eigenvalue weighted by Gasteiger charge is 2.21. The summed E-state index contributed by atoms with van der Waals surface area (Å²) in [4.78, 5) is 18.7. The summed E-state index contributed by atoms with van der Waals surface area (Å²) in [5, 5.41) is 10.3. The van der Waals surface area contributed by atoms with Gasteiger partial charge >= 0.3 is 0 Å². The Balaban J connectivity index is 2.14. The van der Waals surface area contributed by atoms with Crippen LogP contribution in [-0.4, -0.2) is 21.9 Å². The van der Waals surface area contributed by atoms with Gasteiger partial charge in [-0.3, -0.25) is 4.79 Å². The number of aromatic nitrogens is 2. The van der Waals surface area contributed by atoms with Crippen molar-refractivity contribution < 1.29 is 14.6 Å². The molecule has 3 rings (SSSR count). The van der Waals surface area contributed by atoms with Gasteiger partial charge in [0.1, 0.15) is 5.82 Å². The Bertz CT molecular complexity index is 770. The van der Waals surface area contributed by atoms with Crippen LogP contribution in [0.1, 0.15) is 25.3 Å². The van der Waals surface area contributed by atoms with Crippen molar-refractivity contribution in [2.24, 2.45) is 0 Å². The quantitative estimate of drug-likeness (QED) is 0.891. The molecule has 6 nitrogen and oxygen atoms in total. The lowest BCUT2D eigenvalue weighted by atomic mass is 10.1. The summed E-state index contributed by atoms with van der Waals surface area (Å²) < 4.78 is 10.5. The molecule has 0 aliphatic carbocycles. The molecule has 21 heavy (non-hydrogen) atoms. The van der Waals surface area contributed by atoms with Crippen LogP contribution in [0.3, 0.4) is 0 Å². The molecule has 1 aliphatic rings. The first-order valence-electron chi connectivity index (χ1n) is 6.40. The van der Waals surface area contributed by atoms with Crippen molar-refractivity contribution in [2.75, 3.05) is 6.79 Å². The number of benzene rings is 1. The molecule has 0 saturated carbocycles. The van der Waals surface area contributed by atoms with Crippen LogP contribution in [0.4, 0.5) is 0 Å². The Morgan fingerprint density at radius 3 is 2.81 bits per heavy atom. The fraction of sp³-hybridized carbons (Fsp3) is 0.286. The minimum absolute atomic E-state index is 0.0972. The summed E-state index contributed by atoms with van der Waals surface area (Å²) in [7, 11) is 0. The minimum Gasteiger partial charge on any atom is -0.493 e. The molecule has 0 saturated heterocycles. The fourth-order valence-corrected chi connectivity index (χ4v) is 2.50. The van der Waals surface area contributed by atoms with Gasteiger partial charge in [-0.15, -0.1) is 0 Å². The number of ether oxygens (including phenoxy) is 2. The first-order valence-corrected chi connectivity index (χ1v) is 6.78. The van der Waals surface area contributed by atoms with Gasteiger partial charge in [-0.1, -0.05) is 25.4 Å². The van der Waals surface area contributed by atoms with E-state index in [9.17, 15) is 9.90 Å². The van der Waals surface area contributed by atoms with Crippen LogP contribution in [0, 0.1) is 0 Å². The van der Waals surface area contributed by atoms with E-state index in [1.165, 1.54) is 0 Å². The Morgan fingerprint density at radius 1 is 1.38 bits per heavy atom. The van der Waals surface area contributed by atoms with Crippen molar-refractivity contribution in [3.8, 4) is 28.8 Å². The number of aromatic hydroxyl groups is 1. The number of rotatable bonds is 2. The molecule has 0 radical (unpaired) electrons. The van der Waals surface area contributed by atoms with E-state index in [2.05, 4.69) is 9.97 Å². The largest absolute Gasteiger partial charge is 0.493 e. The van der Waals surface area contributed by atoms with Gasteiger partial charge in [0.2, 0.25) is 12.7 Å². The highest BCUT2D eigenvalue weighted by Crippen LogP contribution is 2.41. The zero-order chi connectivity index (χ0) is 15.1. The molecule has 2 heterocycles. The number of hydrogen-bond acceptors (Lipinski definition) is 5. The van der Waals surface area contributed by atoms with Crippen LogP contribution < -0.4 is 15.0 Å². The highest BCUT2D eigenvalue weighted by molar-refractivity contribution is 6.32. The smallest absolute Gasteiger partial charge is 0.258 e. The van der Waals surface area contributed by atoms with Gasteiger partial charge in [0.25, 0.3) is 5.56 Å². The third kappa shape index (κ3) is 2.31. The topological polar surface area (TPSA) is 84.4 Å². The van der Waals surface area contributed by atoms with Crippen molar-refractivity contribution in [3.63, 3.8) is 0 Å². The lowest BCUT2D eigenvalue weighted by Gasteiger charge is -2.09. The highest BCUT2D eigenvalue weighted by atomic mass is 35.5. The summed E-state index contributed by atoms with van der Waals surface area (Å²) in [6.45, 7) is 3.71. The summed E-state index contributed by atoms with van der Waals surface area (Å²) >= 11 is 6.10. The van der Waals surface area contributed by atoms with Gasteiger partial charge in [0, 0.05) is 5.56 Å². The third-order valence-electron chi connectivity index (χ3n) is 3.21. The number of H-pyrrole nitrogens is 1. The van der Waals surface area contributed by atoms with E-state index in [-0.39, 0.29) is 35.5 Å². The zero-order valence-electron chi connectivity index (χ0n) is 11.4. The Labute approximate surface area is 125 Å². The van der Waals surface area contributed by atoms with Crippen molar-refractivity contribution in [1.82, 2.24) is 9.97 Å². The number of aromatic amines is 1. The zero-order valence-corrected chi connectivity index (χ0v) is 12.2. The maximum absolute atomic E-state index is 12.0. The SMILES string of the molecule is CC(C)c1c(O)nc(-c2cc(Cl)c3c(c2)OCO3)[nH]c1=O. The summed E-state index contributed by atoms with van der Waals surface area (Å²) in [5.74, 6) is 0.758. The normalized spacial score (nSPS) is 13.0. The summed E-state index contributed by atoms with van der Waals surface area (Å²) in [6, 6.07) is 3.25. The van der Waals surface area contributed by atoms with E-state index in [4.69, 9.17) is 21.1 Å². The molecule has 2 N–H and O–H groups in total. The van der Waals surface area contributed by atoms with Crippen LogP contribution >= 0.6 is 11.6 Å². The molecule has 1 aromatic carbocycles. The van der Waals surface area contributed by atoms with Crippen molar-refractivity contribution in [3.05, 3.63) is 33.1 Å². The molecule has 0 fully saturated rings. The van der Waals surface area contributed by atoms with Crippen molar-refractivity contribution >= 4 is 11.6 Å². The second-order valence-corrected chi connectivity index (χ2v) is 5.41. The Kier molecular flexibility index (Phi) is 3.25.